The number of pyridine rings is 1. The molecule has 0 amide bonds. The van der Waals surface area contributed by atoms with Crippen molar-refractivity contribution < 1.29 is 23.1 Å². The Morgan fingerprint density at radius 3 is 2.34 bits per heavy atom. The van der Waals surface area contributed by atoms with Crippen molar-refractivity contribution in [1.29, 1.82) is 0 Å². The van der Waals surface area contributed by atoms with Gasteiger partial charge in [-0.05, 0) is 39.0 Å². The number of carboxylic acid groups (broad SMARTS) is 1. The van der Waals surface area contributed by atoms with Gasteiger partial charge in [-0.25, -0.2) is 18.0 Å². The zero-order chi connectivity index (χ0) is 23.3. The molecular formula is C23H22F3N3O3. The number of piperazine rings is 1. The number of carbonyl (C=O) groups is 1. The van der Waals surface area contributed by atoms with Crippen LogP contribution < -0.4 is 15.6 Å². The Balaban J connectivity index is 2.08. The highest BCUT2D eigenvalue weighted by molar-refractivity contribution is 5.95. The Morgan fingerprint density at radius 1 is 1.09 bits per heavy atom. The van der Waals surface area contributed by atoms with Crippen molar-refractivity contribution in [3.8, 4) is 5.69 Å². The van der Waals surface area contributed by atoms with Crippen molar-refractivity contribution in [2.45, 2.75) is 32.9 Å². The summed E-state index contributed by atoms with van der Waals surface area (Å²) in [5.41, 5.74) is -1.32. The Bertz CT molecular complexity index is 1300. The number of aromatic carboxylic acids is 1. The molecule has 1 aliphatic heterocycles. The summed E-state index contributed by atoms with van der Waals surface area (Å²) in [5, 5.41) is 12.7. The predicted molar refractivity (Wildman–Crippen MR) is 115 cm³/mol. The lowest BCUT2D eigenvalue weighted by Crippen LogP contribution is -2.54. The fourth-order valence-corrected chi connectivity index (χ4v) is 4.41. The second-order valence-electron chi connectivity index (χ2n) is 8.25. The van der Waals surface area contributed by atoms with Gasteiger partial charge in [0.1, 0.15) is 23.0 Å². The van der Waals surface area contributed by atoms with E-state index in [9.17, 15) is 23.5 Å². The van der Waals surface area contributed by atoms with Crippen molar-refractivity contribution in [1.82, 2.24) is 9.88 Å². The van der Waals surface area contributed by atoms with Gasteiger partial charge >= 0.3 is 5.97 Å². The molecule has 1 aliphatic rings. The molecule has 0 spiro atoms. The zero-order valence-electron chi connectivity index (χ0n) is 17.7. The van der Waals surface area contributed by atoms with Crippen LogP contribution in [0.1, 0.15) is 29.8 Å². The molecule has 2 heterocycles. The summed E-state index contributed by atoms with van der Waals surface area (Å²) < 4.78 is 44.8. The minimum Gasteiger partial charge on any atom is -0.477 e. The molecule has 1 saturated heterocycles. The molecule has 0 saturated carbocycles. The molecule has 9 heteroatoms. The molecule has 168 valence electrons. The van der Waals surface area contributed by atoms with Crippen LogP contribution in [0.5, 0.6) is 0 Å². The van der Waals surface area contributed by atoms with Gasteiger partial charge in [-0.1, -0.05) is 0 Å². The number of carboxylic acids is 1. The smallest absolute Gasteiger partial charge is 0.341 e. The lowest BCUT2D eigenvalue weighted by atomic mass is 10.0. The fourth-order valence-electron chi connectivity index (χ4n) is 4.41. The SMILES string of the molecule is Cc1c(F)c(N2CC(C)NC(C)C2)cc2c1c(=O)c(C(=O)O)cn2-c1ccc(F)cc1F. The largest absolute Gasteiger partial charge is 0.477 e. The molecule has 0 aliphatic carbocycles. The summed E-state index contributed by atoms with van der Waals surface area (Å²) in [5.74, 6) is -3.91. The number of benzene rings is 2. The maximum Gasteiger partial charge on any atom is 0.341 e. The molecule has 1 aromatic heterocycles. The molecule has 2 aromatic carbocycles. The topological polar surface area (TPSA) is 74.6 Å². The number of nitrogens with zero attached hydrogens (tertiary/aromatic N) is 2. The lowest BCUT2D eigenvalue weighted by molar-refractivity contribution is 0.0695. The average molecular weight is 445 g/mol. The van der Waals surface area contributed by atoms with Gasteiger partial charge in [0.05, 0.1) is 22.3 Å². The molecule has 2 N–H and O–H groups in total. The number of hydrogen-bond donors (Lipinski definition) is 2. The lowest BCUT2D eigenvalue weighted by Gasteiger charge is -2.38. The molecule has 2 atom stereocenters. The molecule has 0 radical (unpaired) electrons. The third-order valence-electron chi connectivity index (χ3n) is 5.75. The van der Waals surface area contributed by atoms with Gasteiger partial charge in [0.15, 0.2) is 0 Å². The van der Waals surface area contributed by atoms with Gasteiger partial charge < -0.3 is 19.9 Å². The van der Waals surface area contributed by atoms with Crippen LogP contribution in [0.3, 0.4) is 0 Å². The highest BCUT2D eigenvalue weighted by Gasteiger charge is 2.27. The van der Waals surface area contributed by atoms with Crippen LogP contribution in [0.4, 0.5) is 18.9 Å². The Morgan fingerprint density at radius 2 is 1.75 bits per heavy atom. The van der Waals surface area contributed by atoms with Gasteiger partial charge in [0.2, 0.25) is 5.43 Å². The first-order chi connectivity index (χ1) is 15.1. The summed E-state index contributed by atoms with van der Waals surface area (Å²) in [4.78, 5) is 26.5. The van der Waals surface area contributed by atoms with Crippen LogP contribution in [0.25, 0.3) is 16.6 Å². The quantitative estimate of drug-likeness (QED) is 0.645. The van der Waals surface area contributed by atoms with Gasteiger partial charge in [-0.2, -0.15) is 0 Å². The first-order valence-electron chi connectivity index (χ1n) is 10.2. The first-order valence-corrected chi connectivity index (χ1v) is 10.2. The summed E-state index contributed by atoms with van der Waals surface area (Å²) in [6.45, 7) is 6.35. The highest BCUT2D eigenvalue weighted by Crippen LogP contribution is 2.32. The zero-order valence-corrected chi connectivity index (χ0v) is 17.7. The maximum atomic E-state index is 15.5. The number of rotatable bonds is 3. The summed E-state index contributed by atoms with van der Waals surface area (Å²) in [6, 6.07) is 4.43. The number of anilines is 1. The van der Waals surface area contributed by atoms with Gasteiger partial charge in [-0.3, -0.25) is 4.79 Å². The van der Waals surface area contributed by atoms with E-state index in [1.165, 1.54) is 17.6 Å². The third-order valence-corrected chi connectivity index (χ3v) is 5.75. The number of aryl methyl sites for hydroxylation is 1. The molecule has 6 nitrogen and oxygen atoms in total. The van der Waals surface area contributed by atoms with Crippen LogP contribution in [-0.4, -0.2) is 40.8 Å². The highest BCUT2D eigenvalue weighted by atomic mass is 19.1. The summed E-state index contributed by atoms with van der Waals surface area (Å²) >= 11 is 0. The van der Waals surface area contributed by atoms with Gasteiger partial charge in [-0.15, -0.1) is 0 Å². The number of hydrogen-bond acceptors (Lipinski definition) is 4. The van der Waals surface area contributed by atoms with Crippen LogP contribution in [0, 0.1) is 24.4 Å². The fraction of sp³-hybridized carbons (Fsp3) is 0.304. The molecule has 3 aromatic rings. The van der Waals surface area contributed by atoms with E-state index in [0.717, 1.165) is 18.3 Å². The van der Waals surface area contributed by atoms with Crippen molar-refractivity contribution >= 4 is 22.6 Å². The van der Waals surface area contributed by atoms with E-state index >= 15 is 4.39 Å². The molecule has 2 unspecified atom stereocenters. The van der Waals surface area contributed by atoms with Crippen molar-refractivity contribution in [3.63, 3.8) is 0 Å². The maximum absolute atomic E-state index is 15.5. The predicted octanol–water partition coefficient (Wildman–Crippen LogP) is 3.60. The van der Waals surface area contributed by atoms with Crippen molar-refractivity contribution in [2.24, 2.45) is 0 Å². The number of halogens is 3. The summed E-state index contributed by atoms with van der Waals surface area (Å²) in [6.07, 6.45) is 0.994. The van der Waals surface area contributed by atoms with Crippen LogP contribution in [0.2, 0.25) is 0 Å². The van der Waals surface area contributed by atoms with E-state index in [4.69, 9.17) is 0 Å². The molecule has 32 heavy (non-hydrogen) atoms. The molecule has 1 fully saturated rings. The van der Waals surface area contributed by atoms with E-state index in [2.05, 4.69) is 5.32 Å². The normalized spacial score (nSPS) is 18.9. The van der Waals surface area contributed by atoms with E-state index in [1.807, 2.05) is 18.7 Å². The standard InChI is InChI=1S/C23H22F3N3O3/c1-11-8-28(9-12(2)27-11)19-7-18-20(13(3)21(19)26)22(30)15(23(31)32)10-29(18)17-5-4-14(24)6-16(17)25/h4-7,10-12,27H,8-9H2,1-3H3,(H,31,32). The van der Waals surface area contributed by atoms with E-state index < -0.39 is 34.4 Å². The first kappa shape index (κ1) is 21.9. The van der Waals surface area contributed by atoms with Crippen molar-refractivity contribution in [3.05, 3.63) is 69.3 Å². The number of nitrogens with one attached hydrogen (secondary N) is 1. The Kier molecular flexibility index (Phi) is 5.46. The molecule has 0 bridgehead atoms. The summed E-state index contributed by atoms with van der Waals surface area (Å²) in [7, 11) is 0. The second-order valence-corrected chi connectivity index (χ2v) is 8.25. The molecular weight excluding hydrogens is 423 g/mol. The van der Waals surface area contributed by atoms with Crippen LogP contribution >= 0.6 is 0 Å². The third kappa shape index (κ3) is 3.62. The van der Waals surface area contributed by atoms with Crippen LogP contribution in [0.15, 0.2) is 35.3 Å². The molecule has 4 rings (SSSR count). The monoisotopic (exact) mass is 445 g/mol. The average Bonchev–Trinajstić information content (AvgIpc) is 2.70. The van der Waals surface area contributed by atoms with Crippen LogP contribution in [-0.2, 0) is 0 Å². The minimum atomic E-state index is -1.53. The Hall–Kier alpha value is -3.33. The minimum absolute atomic E-state index is 0.0271. The Labute approximate surface area is 181 Å². The second kappa shape index (κ2) is 7.98. The van der Waals surface area contributed by atoms with Gasteiger partial charge in [0, 0.05) is 43.0 Å². The van der Waals surface area contributed by atoms with E-state index in [0.29, 0.717) is 19.2 Å². The van der Waals surface area contributed by atoms with Gasteiger partial charge in [0.25, 0.3) is 0 Å². The van der Waals surface area contributed by atoms with E-state index in [-0.39, 0.29) is 39.9 Å². The number of fused-ring (bicyclic) bond motifs is 1. The van der Waals surface area contributed by atoms with Crippen molar-refractivity contribution in [2.75, 3.05) is 18.0 Å². The van der Waals surface area contributed by atoms with E-state index in [1.54, 1.807) is 0 Å². The number of aromatic nitrogens is 1.